The van der Waals surface area contributed by atoms with Crippen molar-refractivity contribution in [2.24, 2.45) is 0 Å². The molecule has 0 aliphatic carbocycles. The second-order valence-electron chi connectivity index (χ2n) is 5.13. The molecule has 0 saturated carbocycles. The van der Waals surface area contributed by atoms with Crippen molar-refractivity contribution in [2.75, 3.05) is 41.0 Å². The average Bonchev–Trinajstić information content (AvgIpc) is 2.38. The van der Waals surface area contributed by atoms with Gasteiger partial charge in [-0.25, -0.2) is 0 Å². The number of unbranched alkanes of at least 4 members (excludes halogenated alkanes) is 3. The molecular formula is C15H36NO3P. The van der Waals surface area contributed by atoms with Gasteiger partial charge in [0.05, 0.1) is 19.8 Å². The first-order valence-electron chi connectivity index (χ1n) is 7.88. The maximum atomic E-state index is 5.60. The molecule has 0 saturated heterocycles. The van der Waals surface area contributed by atoms with Gasteiger partial charge in [-0.15, -0.1) is 0 Å². The minimum atomic E-state index is -1.10. The smallest absolute Gasteiger partial charge is 0.312 e. The van der Waals surface area contributed by atoms with Gasteiger partial charge in [-0.2, -0.15) is 0 Å². The summed E-state index contributed by atoms with van der Waals surface area (Å²) in [4.78, 5) is 2.00. The lowest BCUT2D eigenvalue weighted by molar-refractivity contribution is 0.155. The fourth-order valence-electron chi connectivity index (χ4n) is 0.962. The molecule has 0 unspecified atom stereocenters. The molecule has 124 valence electrons. The molecule has 0 spiro atoms. The highest BCUT2D eigenvalue weighted by Gasteiger charge is 2.11. The molecule has 0 amide bonds. The molecule has 0 fully saturated rings. The van der Waals surface area contributed by atoms with Gasteiger partial charge >= 0.3 is 8.60 Å². The number of hydrogen-bond acceptors (Lipinski definition) is 4. The number of nitrogens with zero attached hydrogens (tertiary/aromatic N) is 1. The molecular weight excluding hydrogens is 273 g/mol. The minimum Gasteiger partial charge on any atom is -0.312 e. The molecule has 0 aromatic heterocycles. The lowest BCUT2D eigenvalue weighted by atomic mass is 10.4. The molecule has 20 heavy (non-hydrogen) atoms. The van der Waals surface area contributed by atoms with E-state index in [9.17, 15) is 0 Å². The zero-order chi connectivity index (χ0) is 15.6. The van der Waals surface area contributed by atoms with Crippen molar-refractivity contribution in [1.29, 1.82) is 0 Å². The third-order valence-corrected chi connectivity index (χ3v) is 3.26. The molecule has 0 radical (unpaired) electrons. The lowest BCUT2D eigenvalue weighted by Crippen LogP contribution is -1.99. The summed E-state index contributed by atoms with van der Waals surface area (Å²) in [5.74, 6) is 0. The van der Waals surface area contributed by atoms with Gasteiger partial charge in [0.25, 0.3) is 0 Å². The molecule has 0 aromatic rings. The summed E-state index contributed by atoms with van der Waals surface area (Å²) >= 11 is 0. The van der Waals surface area contributed by atoms with E-state index in [4.69, 9.17) is 13.6 Å². The van der Waals surface area contributed by atoms with E-state index >= 15 is 0 Å². The molecule has 0 bridgehead atoms. The van der Waals surface area contributed by atoms with Crippen LogP contribution in [0.5, 0.6) is 0 Å². The topological polar surface area (TPSA) is 30.9 Å². The Hall–Kier alpha value is 0.270. The van der Waals surface area contributed by atoms with Gasteiger partial charge in [0.15, 0.2) is 0 Å². The van der Waals surface area contributed by atoms with Crippen LogP contribution in [0.15, 0.2) is 0 Å². The third-order valence-electron chi connectivity index (χ3n) is 2.08. The van der Waals surface area contributed by atoms with Crippen molar-refractivity contribution in [3.05, 3.63) is 0 Å². The van der Waals surface area contributed by atoms with Crippen LogP contribution in [-0.2, 0) is 13.6 Å². The first-order chi connectivity index (χ1) is 9.58. The molecule has 4 nitrogen and oxygen atoms in total. The van der Waals surface area contributed by atoms with E-state index < -0.39 is 8.60 Å². The molecule has 0 aliphatic heterocycles. The third kappa shape index (κ3) is 23.4. The Morgan fingerprint density at radius 1 is 0.650 bits per heavy atom. The highest BCUT2D eigenvalue weighted by molar-refractivity contribution is 7.41. The Bertz CT molecular complexity index is 145. The van der Waals surface area contributed by atoms with E-state index in [-0.39, 0.29) is 0 Å². The fourth-order valence-corrected chi connectivity index (χ4v) is 2.02. The maximum Gasteiger partial charge on any atom is 0.332 e. The predicted octanol–water partition coefficient (Wildman–Crippen LogP) is 4.84. The van der Waals surface area contributed by atoms with Crippen molar-refractivity contribution in [1.82, 2.24) is 4.90 Å². The van der Waals surface area contributed by atoms with Crippen LogP contribution in [0.1, 0.15) is 59.3 Å². The summed E-state index contributed by atoms with van der Waals surface area (Å²) in [6.07, 6.45) is 6.67. The highest BCUT2D eigenvalue weighted by atomic mass is 31.2. The van der Waals surface area contributed by atoms with Crippen molar-refractivity contribution in [2.45, 2.75) is 59.3 Å². The van der Waals surface area contributed by atoms with Gasteiger partial charge in [-0.3, -0.25) is 0 Å². The molecule has 5 heteroatoms. The van der Waals surface area contributed by atoms with Crippen LogP contribution >= 0.6 is 8.60 Å². The van der Waals surface area contributed by atoms with Gasteiger partial charge in [0, 0.05) is 0 Å². The van der Waals surface area contributed by atoms with Gasteiger partial charge in [-0.05, 0) is 40.4 Å². The van der Waals surface area contributed by atoms with Gasteiger partial charge in [-0.1, -0.05) is 40.0 Å². The Kier molecular flexibility index (Phi) is 21.7. The van der Waals surface area contributed by atoms with Crippen LogP contribution in [0.3, 0.4) is 0 Å². The zero-order valence-corrected chi connectivity index (χ0v) is 15.4. The quantitative estimate of drug-likeness (QED) is 0.381. The summed E-state index contributed by atoms with van der Waals surface area (Å²) in [5, 5.41) is 0. The summed E-state index contributed by atoms with van der Waals surface area (Å²) in [5.41, 5.74) is 0. The standard InChI is InChI=1S/C12H27O3P.C3H9N/c1-4-7-10-13-16(14-11-8-5-2)15-12-9-6-3;1-4(2)3/h4-12H2,1-3H3;1-3H3. The molecule has 0 atom stereocenters. The summed E-state index contributed by atoms with van der Waals surface area (Å²) < 4.78 is 16.8. The number of rotatable bonds is 12. The first-order valence-corrected chi connectivity index (χ1v) is 8.97. The summed E-state index contributed by atoms with van der Waals surface area (Å²) in [6.45, 7) is 8.71. The molecule has 0 aliphatic rings. The van der Waals surface area contributed by atoms with Crippen LogP contribution in [0.2, 0.25) is 0 Å². The van der Waals surface area contributed by atoms with E-state index in [0.29, 0.717) is 0 Å². The average molecular weight is 309 g/mol. The van der Waals surface area contributed by atoms with E-state index in [2.05, 4.69) is 20.8 Å². The molecule has 0 N–H and O–H groups in total. The first kappa shape index (κ1) is 22.5. The van der Waals surface area contributed by atoms with E-state index in [1.54, 1.807) is 0 Å². The maximum absolute atomic E-state index is 5.60. The Labute approximate surface area is 128 Å². The monoisotopic (exact) mass is 309 g/mol. The van der Waals surface area contributed by atoms with Gasteiger partial charge < -0.3 is 18.5 Å². The van der Waals surface area contributed by atoms with Gasteiger partial charge in [0.2, 0.25) is 0 Å². The predicted molar refractivity (Wildman–Crippen MR) is 89.1 cm³/mol. The van der Waals surface area contributed by atoms with Crippen LogP contribution < -0.4 is 0 Å². The van der Waals surface area contributed by atoms with E-state index in [0.717, 1.165) is 58.3 Å². The van der Waals surface area contributed by atoms with Crippen LogP contribution in [0.25, 0.3) is 0 Å². The summed E-state index contributed by atoms with van der Waals surface area (Å²) in [6, 6.07) is 0. The van der Waals surface area contributed by atoms with E-state index in [1.807, 2.05) is 26.0 Å². The highest BCUT2D eigenvalue weighted by Crippen LogP contribution is 2.40. The Balaban J connectivity index is 0. The molecule has 0 rings (SSSR count). The van der Waals surface area contributed by atoms with Crippen molar-refractivity contribution >= 4 is 8.60 Å². The van der Waals surface area contributed by atoms with Crippen LogP contribution in [-0.4, -0.2) is 45.9 Å². The summed E-state index contributed by atoms with van der Waals surface area (Å²) in [7, 11) is 4.90. The minimum absolute atomic E-state index is 0.750. The Morgan fingerprint density at radius 2 is 0.900 bits per heavy atom. The largest absolute Gasteiger partial charge is 0.332 e. The molecule has 0 aromatic carbocycles. The van der Waals surface area contributed by atoms with Crippen molar-refractivity contribution in [3.63, 3.8) is 0 Å². The number of hydrogen-bond donors (Lipinski definition) is 0. The van der Waals surface area contributed by atoms with Crippen molar-refractivity contribution < 1.29 is 13.6 Å². The lowest BCUT2D eigenvalue weighted by Gasteiger charge is -2.16. The van der Waals surface area contributed by atoms with Crippen molar-refractivity contribution in [3.8, 4) is 0 Å². The zero-order valence-electron chi connectivity index (χ0n) is 14.5. The second kappa shape index (κ2) is 19.3. The van der Waals surface area contributed by atoms with Crippen LogP contribution in [0.4, 0.5) is 0 Å². The van der Waals surface area contributed by atoms with E-state index in [1.165, 1.54) is 0 Å². The fraction of sp³-hybridized carbons (Fsp3) is 1.00. The SMILES string of the molecule is CCCCOP(OCCCC)OCCCC.CN(C)C. The normalized spacial score (nSPS) is 10.8. The molecule has 0 heterocycles. The Morgan fingerprint density at radius 3 is 1.10 bits per heavy atom. The second-order valence-corrected chi connectivity index (χ2v) is 6.35. The van der Waals surface area contributed by atoms with Gasteiger partial charge in [0.1, 0.15) is 0 Å². The van der Waals surface area contributed by atoms with Crippen LogP contribution in [0, 0.1) is 0 Å².